The fraction of sp³-hybridized carbons (Fsp3) is 0.200. The molecular weight excluding hydrogens is 399 g/mol. The van der Waals surface area contributed by atoms with E-state index in [2.05, 4.69) is 20.9 Å². The van der Waals surface area contributed by atoms with Gasteiger partial charge in [0.05, 0.1) is 11.8 Å². The Morgan fingerprint density at radius 1 is 1.27 bits per heavy atom. The van der Waals surface area contributed by atoms with Gasteiger partial charge in [0.15, 0.2) is 11.7 Å². The molecule has 0 aliphatic heterocycles. The fourth-order valence-corrected chi connectivity index (χ4v) is 3.20. The zero-order chi connectivity index (χ0) is 18.7. The summed E-state index contributed by atoms with van der Waals surface area (Å²) in [5.41, 5.74) is 2.23. The largest absolute Gasteiger partial charge is 0.441 e. The van der Waals surface area contributed by atoms with Gasteiger partial charge in [-0.15, -0.1) is 0 Å². The lowest BCUT2D eigenvalue weighted by Crippen LogP contribution is -2.27. The molecule has 3 aromatic rings. The van der Waals surface area contributed by atoms with E-state index in [1.165, 1.54) is 12.3 Å². The lowest BCUT2D eigenvalue weighted by molar-refractivity contribution is -0.118. The molecule has 0 saturated carbocycles. The van der Waals surface area contributed by atoms with Crippen LogP contribution in [-0.4, -0.2) is 17.9 Å². The summed E-state index contributed by atoms with van der Waals surface area (Å²) < 4.78 is 20.4. The fourth-order valence-electron chi connectivity index (χ4n) is 2.72. The molecule has 0 aliphatic rings. The molecule has 2 aromatic carbocycles. The quantitative estimate of drug-likeness (QED) is 0.577. The minimum atomic E-state index is -0.364. The van der Waals surface area contributed by atoms with Gasteiger partial charge in [-0.05, 0) is 42.8 Å². The van der Waals surface area contributed by atoms with Gasteiger partial charge in [-0.3, -0.25) is 4.79 Å². The number of carbonyl (C=O) groups excluding carboxylic acids is 1. The van der Waals surface area contributed by atoms with Crippen LogP contribution in [0.4, 0.5) is 10.1 Å². The van der Waals surface area contributed by atoms with Gasteiger partial charge < -0.3 is 9.32 Å². The number of nitrogens with zero attached hydrogens (tertiary/aromatic N) is 2. The number of hydrogen-bond acceptors (Lipinski definition) is 3. The van der Waals surface area contributed by atoms with Gasteiger partial charge in [-0.1, -0.05) is 28.1 Å². The van der Waals surface area contributed by atoms with Crippen molar-refractivity contribution in [2.45, 2.75) is 19.8 Å². The van der Waals surface area contributed by atoms with Crippen LogP contribution in [0.5, 0.6) is 0 Å². The number of oxazole rings is 1. The van der Waals surface area contributed by atoms with E-state index >= 15 is 0 Å². The van der Waals surface area contributed by atoms with Crippen molar-refractivity contribution in [1.29, 1.82) is 0 Å². The average Bonchev–Trinajstić information content (AvgIpc) is 3.08. The minimum absolute atomic E-state index is 0.0407. The molecule has 1 heterocycles. The van der Waals surface area contributed by atoms with Crippen molar-refractivity contribution in [3.8, 4) is 11.3 Å². The van der Waals surface area contributed by atoms with Crippen LogP contribution in [0.15, 0.2) is 57.6 Å². The monoisotopic (exact) mass is 416 g/mol. The van der Waals surface area contributed by atoms with Crippen LogP contribution >= 0.6 is 15.9 Å². The summed E-state index contributed by atoms with van der Waals surface area (Å²) in [4.78, 5) is 18.3. The molecule has 0 aliphatic carbocycles. The van der Waals surface area contributed by atoms with E-state index in [0.717, 1.165) is 15.7 Å². The number of carbonyl (C=O) groups is 1. The van der Waals surface area contributed by atoms with Gasteiger partial charge in [0.2, 0.25) is 5.91 Å². The Labute approximate surface area is 159 Å². The van der Waals surface area contributed by atoms with Gasteiger partial charge in [0.25, 0.3) is 0 Å². The lowest BCUT2D eigenvalue weighted by Gasteiger charge is -2.19. The standard InChI is InChI=1S/C20H18BrFN2O2/c1-13-11-14(21)7-8-17(13)24(2)20(25)10-9-19-23-12-18(26-19)15-5-3-4-6-16(15)22/h3-8,11-12H,9-10H2,1-2H3. The van der Waals surface area contributed by atoms with Crippen molar-refractivity contribution in [3.05, 3.63) is 70.4 Å². The first-order valence-corrected chi connectivity index (χ1v) is 8.97. The number of aromatic nitrogens is 1. The zero-order valence-corrected chi connectivity index (χ0v) is 16.1. The summed E-state index contributed by atoms with van der Waals surface area (Å²) in [5.74, 6) is 0.373. The first-order valence-electron chi connectivity index (χ1n) is 8.18. The third-order valence-corrected chi connectivity index (χ3v) is 4.63. The normalized spacial score (nSPS) is 10.8. The van der Waals surface area contributed by atoms with Gasteiger partial charge in [0.1, 0.15) is 5.82 Å². The first kappa shape index (κ1) is 18.3. The zero-order valence-electron chi connectivity index (χ0n) is 14.5. The summed E-state index contributed by atoms with van der Waals surface area (Å²) in [6.07, 6.45) is 2.09. The second-order valence-electron chi connectivity index (χ2n) is 5.98. The molecule has 4 nitrogen and oxygen atoms in total. The molecule has 1 aromatic heterocycles. The van der Waals surface area contributed by atoms with Crippen LogP contribution in [-0.2, 0) is 11.2 Å². The topological polar surface area (TPSA) is 46.3 Å². The smallest absolute Gasteiger partial charge is 0.227 e. The number of halogens is 2. The van der Waals surface area contributed by atoms with Crippen LogP contribution in [0, 0.1) is 12.7 Å². The number of hydrogen-bond donors (Lipinski definition) is 0. The van der Waals surface area contributed by atoms with Crippen molar-refractivity contribution in [3.63, 3.8) is 0 Å². The highest BCUT2D eigenvalue weighted by atomic mass is 79.9. The number of rotatable bonds is 5. The number of anilines is 1. The molecule has 0 radical (unpaired) electrons. The van der Waals surface area contributed by atoms with Gasteiger partial charge in [-0.25, -0.2) is 9.37 Å². The van der Waals surface area contributed by atoms with E-state index in [1.54, 1.807) is 30.1 Å². The van der Waals surface area contributed by atoms with E-state index in [1.807, 2.05) is 25.1 Å². The summed E-state index contributed by atoms with van der Waals surface area (Å²) in [6, 6.07) is 12.1. The number of aryl methyl sites for hydroxylation is 2. The average molecular weight is 417 g/mol. The summed E-state index contributed by atoms with van der Waals surface area (Å²) in [5, 5.41) is 0. The highest BCUT2D eigenvalue weighted by Gasteiger charge is 2.16. The second-order valence-corrected chi connectivity index (χ2v) is 6.90. The van der Waals surface area contributed by atoms with Crippen molar-refractivity contribution in [1.82, 2.24) is 4.98 Å². The van der Waals surface area contributed by atoms with E-state index < -0.39 is 0 Å². The lowest BCUT2D eigenvalue weighted by atomic mass is 10.1. The Kier molecular flexibility index (Phi) is 5.52. The Hall–Kier alpha value is -2.47. The maximum absolute atomic E-state index is 13.8. The molecule has 6 heteroatoms. The maximum atomic E-state index is 13.8. The SMILES string of the molecule is Cc1cc(Br)ccc1N(C)C(=O)CCc1ncc(-c2ccccc2F)o1. The molecule has 0 bridgehead atoms. The number of amides is 1. The second kappa shape index (κ2) is 7.83. The summed E-state index contributed by atoms with van der Waals surface area (Å²) in [6.45, 7) is 1.96. The molecular formula is C20H18BrFN2O2. The summed E-state index contributed by atoms with van der Waals surface area (Å²) in [7, 11) is 1.75. The van der Waals surface area contributed by atoms with E-state index in [4.69, 9.17) is 4.42 Å². The molecule has 0 unspecified atom stereocenters. The first-order chi connectivity index (χ1) is 12.5. The summed E-state index contributed by atoms with van der Waals surface area (Å²) >= 11 is 3.42. The van der Waals surface area contributed by atoms with Crippen LogP contribution in [0.2, 0.25) is 0 Å². The van der Waals surface area contributed by atoms with E-state index in [-0.39, 0.29) is 18.1 Å². The molecule has 0 spiro atoms. The number of benzene rings is 2. The third-order valence-electron chi connectivity index (χ3n) is 4.14. The van der Waals surface area contributed by atoms with Crippen molar-refractivity contribution < 1.29 is 13.6 Å². The Morgan fingerprint density at radius 2 is 2.04 bits per heavy atom. The van der Waals surface area contributed by atoms with Crippen molar-refractivity contribution >= 4 is 27.5 Å². The molecule has 1 amide bonds. The van der Waals surface area contributed by atoms with Gasteiger partial charge in [-0.2, -0.15) is 0 Å². The Morgan fingerprint density at radius 3 is 2.77 bits per heavy atom. The molecule has 3 rings (SSSR count). The van der Waals surface area contributed by atoms with Crippen molar-refractivity contribution in [2.75, 3.05) is 11.9 Å². The van der Waals surface area contributed by atoms with Crippen LogP contribution in [0.25, 0.3) is 11.3 Å². The molecule has 26 heavy (non-hydrogen) atoms. The van der Waals surface area contributed by atoms with Gasteiger partial charge >= 0.3 is 0 Å². The Balaban J connectivity index is 1.66. The minimum Gasteiger partial charge on any atom is -0.441 e. The molecule has 0 saturated heterocycles. The van der Waals surface area contributed by atoms with Gasteiger partial charge in [0, 0.05) is 30.0 Å². The predicted octanol–water partition coefficient (Wildman–Crippen LogP) is 5.15. The van der Waals surface area contributed by atoms with Crippen LogP contribution in [0.1, 0.15) is 17.9 Å². The third kappa shape index (κ3) is 4.02. The molecule has 0 N–H and O–H groups in total. The van der Waals surface area contributed by atoms with E-state index in [9.17, 15) is 9.18 Å². The Bertz CT molecular complexity index is 939. The molecule has 0 fully saturated rings. The predicted molar refractivity (Wildman–Crippen MR) is 103 cm³/mol. The van der Waals surface area contributed by atoms with Crippen LogP contribution < -0.4 is 4.90 Å². The highest BCUT2D eigenvalue weighted by Crippen LogP contribution is 2.25. The molecule has 134 valence electrons. The van der Waals surface area contributed by atoms with Crippen LogP contribution in [0.3, 0.4) is 0 Å². The van der Waals surface area contributed by atoms with E-state index in [0.29, 0.717) is 23.6 Å². The maximum Gasteiger partial charge on any atom is 0.227 e. The molecule has 0 atom stereocenters. The van der Waals surface area contributed by atoms with Crippen molar-refractivity contribution in [2.24, 2.45) is 0 Å². The highest BCUT2D eigenvalue weighted by molar-refractivity contribution is 9.10.